The van der Waals surface area contributed by atoms with E-state index < -0.39 is 6.09 Å². The largest absolute Gasteiger partial charge is 0.453 e. The first-order chi connectivity index (χ1) is 15.0. The van der Waals surface area contributed by atoms with E-state index in [0.29, 0.717) is 22.5 Å². The molecule has 0 bridgehead atoms. The van der Waals surface area contributed by atoms with Crippen LogP contribution in [0.1, 0.15) is 11.1 Å². The Labute approximate surface area is 177 Å². The third kappa shape index (κ3) is 5.30. The van der Waals surface area contributed by atoms with Gasteiger partial charge < -0.3 is 4.74 Å². The van der Waals surface area contributed by atoms with Crippen molar-refractivity contribution in [2.24, 2.45) is 10.2 Å². The number of benzene rings is 2. The third-order valence-corrected chi connectivity index (χ3v) is 4.53. The van der Waals surface area contributed by atoms with Gasteiger partial charge in [0.15, 0.2) is 5.78 Å². The van der Waals surface area contributed by atoms with Crippen LogP contribution < -0.4 is 0 Å². The minimum atomic E-state index is -0.540. The lowest BCUT2D eigenvalue weighted by atomic mass is 9.94. The van der Waals surface area contributed by atoms with Crippen molar-refractivity contribution in [3.05, 3.63) is 91.7 Å². The molecule has 0 N–H and O–H groups in total. The molecule has 1 aliphatic heterocycles. The van der Waals surface area contributed by atoms with Crippen LogP contribution in [0.3, 0.4) is 0 Å². The molecular weight excluding hydrogens is 398 g/mol. The van der Waals surface area contributed by atoms with Gasteiger partial charge in [-0.2, -0.15) is 0 Å². The molecule has 3 rings (SSSR count). The number of rotatable bonds is 4. The Bertz CT molecular complexity index is 1070. The van der Waals surface area contributed by atoms with Gasteiger partial charge in [-0.15, -0.1) is 0 Å². The van der Waals surface area contributed by atoms with Crippen molar-refractivity contribution in [3.8, 4) is 0 Å². The first-order valence-corrected chi connectivity index (χ1v) is 9.13. The van der Waals surface area contributed by atoms with Crippen molar-refractivity contribution in [2.75, 3.05) is 20.2 Å². The van der Waals surface area contributed by atoms with E-state index in [9.17, 15) is 9.59 Å². The summed E-state index contributed by atoms with van der Waals surface area (Å²) < 4.78 is 4.84. The molecule has 154 valence electrons. The lowest BCUT2D eigenvalue weighted by Crippen LogP contribution is -2.41. The van der Waals surface area contributed by atoms with Gasteiger partial charge in [-0.25, -0.2) is 4.79 Å². The monoisotopic (exact) mass is 415 g/mol. The fraction of sp³-hybridized carbons (Fsp3) is 0.143. The summed E-state index contributed by atoms with van der Waals surface area (Å²) in [6, 6.07) is 13.4. The molecule has 0 saturated carbocycles. The van der Waals surface area contributed by atoms with Crippen LogP contribution >= 0.6 is 0 Å². The van der Waals surface area contributed by atoms with Gasteiger partial charge in [0.05, 0.1) is 20.2 Å². The lowest BCUT2D eigenvalue weighted by Gasteiger charge is -2.28. The molecule has 0 aromatic heterocycles. The maximum Gasteiger partial charge on any atom is 0.410 e. The quantitative estimate of drug-likeness (QED) is 0.274. The predicted octanol–water partition coefficient (Wildman–Crippen LogP) is 5.69. The van der Waals surface area contributed by atoms with Crippen LogP contribution in [0.2, 0.25) is 0 Å². The molecule has 0 radical (unpaired) electrons. The zero-order valence-corrected chi connectivity index (χ0v) is 16.5. The number of carbonyl (C=O) groups excluding carboxylic acids is 2. The molecule has 0 atom stereocenters. The highest BCUT2D eigenvalue weighted by Gasteiger charge is 2.29. The van der Waals surface area contributed by atoms with E-state index >= 15 is 0 Å². The van der Waals surface area contributed by atoms with Crippen molar-refractivity contribution in [1.29, 1.82) is 0 Å². The minimum absolute atomic E-state index is 0.108. The maximum absolute atomic E-state index is 13.1. The van der Waals surface area contributed by atoms with Gasteiger partial charge >= 0.3 is 6.09 Å². The van der Waals surface area contributed by atoms with Crippen LogP contribution in [-0.4, -0.2) is 37.0 Å². The molecule has 1 heterocycles. The number of ether oxygens (including phenoxy) is 1. The summed E-state index contributed by atoms with van der Waals surface area (Å²) in [5.41, 5.74) is 20.2. The van der Waals surface area contributed by atoms with Crippen molar-refractivity contribution < 1.29 is 14.3 Å². The molecular formula is C21H17N7O3. The topological polar surface area (TPSA) is 144 Å². The summed E-state index contributed by atoms with van der Waals surface area (Å²) in [5.74, 6) is -0.182. The number of ketones is 1. The number of piperidine rings is 1. The number of carbonyl (C=O) groups is 2. The van der Waals surface area contributed by atoms with Crippen molar-refractivity contribution >= 4 is 35.4 Å². The number of likely N-dealkylation sites (tertiary alicyclic amines) is 1. The maximum atomic E-state index is 13.1. The van der Waals surface area contributed by atoms with Gasteiger partial charge in [0, 0.05) is 32.3 Å². The first-order valence-electron chi connectivity index (χ1n) is 9.13. The molecule has 1 aliphatic rings. The van der Waals surface area contributed by atoms with Crippen molar-refractivity contribution in [3.63, 3.8) is 0 Å². The number of amides is 1. The van der Waals surface area contributed by atoms with E-state index in [1.165, 1.54) is 12.0 Å². The zero-order chi connectivity index (χ0) is 22.2. The SMILES string of the molecule is COC(=O)N1CC(=Cc2ccc(N=[N+]=[N-])cc2)C(=O)C(=Cc2ccc(N=[N+]=[N-])cc2)C1. The van der Waals surface area contributed by atoms with E-state index in [2.05, 4.69) is 20.1 Å². The second-order valence-electron chi connectivity index (χ2n) is 6.56. The molecule has 2 aromatic carbocycles. The number of hydrogen-bond donors (Lipinski definition) is 0. The molecule has 0 aliphatic carbocycles. The molecule has 10 nitrogen and oxygen atoms in total. The average molecular weight is 415 g/mol. The number of hydrogen-bond acceptors (Lipinski definition) is 5. The predicted molar refractivity (Wildman–Crippen MR) is 115 cm³/mol. The summed E-state index contributed by atoms with van der Waals surface area (Å²) in [7, 11) is 1.29. The number of methoxy groups -OCH3 is 1. The number of azide groups is 2. The molecule has 1 saturated heterocycles. The van der Waals surface area contributed by atoms with E-state index in [0.717, 1.165) is 11.1 Å². The van der Waals surface area contributed by atoms with Gasteiger partial charge in [-0.3, -0.25) is 9.69 Å². The van der Waals surface area contributed by atoms with E-state index in [-0.39, 0.29) is 18.9 Å². The lowest BCUT2D eigenvalue weighted by molar-refractivity contribution is -0.113. The average Bonchev–Trinajstić information content (AvgIpc) is 2.78. The summed E-state index contributed by atoms with van der Waals surface area (Å²) in [4.78, 5) is 32.1. The first kappa shape index (κ1) is 21.2. The zero-order valence-electron chi connectivity index (χ0n) is 16.5. The van der Waals surface area contributed by atoms with Crippen molar-refractivity contribution in [1.82, 2.24) is 4.90 Å². The van der Waals surface area contributed by atoms with Gasteiger partial charge in [-0.1, -0.05) is 58.8 Å². The number of Topliss-reactive ketones (excluding diaryl/α,β-unsaturated/α-hetero) is 1. The van der Waals surface area contributed by atoms with E-state index in [4.69, 9.17) is 15.8 Å². The fourth-order valence-corrected chi connectivity index (χ4v) is 3.08. The van der Waals surface area contributed by atoms with Crippen molar-refractivity contribution in [2.45, 2.75) is 0 Å². The molecule has 1 amide bonds. The summed E-state index contributed by atoms with van der Waals surface area (Å²) in [6.07, 6.45) is 2.84. The Kier molecular flexibility index (Phi) is 6.70. The summed E-state index contributed by atoms with van der Waals surface area (Å²) in [5, 5.41) is 7.04. The third-order valence-electron chi connectivity index (χ3n) is 4.53. The van der Waals surface area contributed by atoms with Crippen LogP contribution in [0.25, 0.3) is 33.0 Å². The summed E-state index contributed by atoms with van der Waals surface area (Å²) in [6.45, 7) is 0.216. The Hall–Kier alpha value is -4.52. The van der Waals surface area contributed by atoms with E-state index in [1.54, 1.807) is 60.7 Å². The second kappa shape index (κ2) is 9.80. The van der Waals surface area contributed by atoms with Crippen LogP contribution in [0, 0.1) is 0 Å². The fourth-order valence-electron chi connectivity index (χ4n) is 3.08. The highest BCUT2D eigenvalue weighted by atomic mass is 16.5. The Morgan fingerprint density at radius 3 is 1.68 bits per heavy atom. The van der Waals surface area contributed by atoms with Crippen LogP contribution in [0.4, 0.5) is 16.2 Å². The van der Waals surface area contributed by atoms with Crippen LogP contribution in [-0.2, 0) is 9.53 Å². The second-order valence-corrected chi connectivity index (χ2v) is 6.56. The number of nitrogens with zero attached hydrogens (tertiary/aromatic N) is 7. The molecule has 31 heavy (non-hydrogen) atoms. The van der Waals surface area contributed by atoms with Gasteiger partial charge in [0.2, 0.25) is 0 Å². The Balaban J connectivity index is 1.95. The normalized spacial score (nSPS) is 15.9. The van der Waals surface area contributed by atoms with Crippen LogP contribution in [0.5, 0.6) is 0 Å². The molecule has 2 aromatic rings. The molecule has 1 fully saturated rings. The smallest absolute Gasteiger partial charge is 0.410 e. The Morgan fingerprint density at radius 2 is 1.32 bits per heavy atom. The van der Waals surface area contributed by atoms with Gasteiger partial charge in [-0.05, 0) is 34.3 Å². The minimum Gasteiger partial charge on any atom is -0.453 e. The Morgan fingerprint density at radius 1 is 0.903 bits per heavy atom. The molecule has 0 spiro atoms. The molecule has 10 heteroatoms. The summed E-state index contributed by atoms with van der Waals surface area (Å²) >= 11 is 0. The highest BCUT2D eigenvalue weighted by molar-refractivity contribution is 6.15. The highest BCUT2D eigenvalue weighted by Crippen LogP contribution is 2.24. The van der Waals surface area contributed by atoms with E-state index in [1.807, 2.05) is 0 Å². The van der Waals surface area contributed by atoms with Gasteiger partial charge in [0.1, 0.15) is 0 Å². The van der Waals surface area contributed by atoms with Crippen LogP contribution in [0.15, 0.2) is 69.9 Å². The standard InChI is InChI=1S/C21H17N7O3/c1-31-21(30)28-12-16(10-14-2-6-18(7-3-14)24-26-22)20(29)17(13-28)11-15-4-8-19(9-5-15)25-27-23/h2-11H,12-13H2,1H3. The molecule has 0 unspecified atom stereocenters. The van der Waals surface area contributed by atoms with Gasteiger partial charge in [0.25, 0.3) is 0 Å².